The third-order valence-electron chi connectivity index (χ3n) is 10.1. The summed E-state index contributed by atoms with van der Waals surface area (Å²) in [4.78, 5) is 0. The van der Waals surface area contributed by atoms with Crippen LogP contribution in [0.3, 0.4) is 0 Å². The van der Waals surface area contributed by atoms with Gasteiger partial charge in [-0.05, 0) is 105 Å². The van der Waals surface area contributed by atoms with Crippen molar-refractivity contribution in [3.63, 3.8) is 0 Å². The lowest BCUT2D eigenvalue weighted by Gasteiger charge is -2.60. The maximum atomic E-state index is 10.3. The van der Waals surface area contributed by atoms with Gasteiger partial charge in [-0.1, -0.05) is 44.1 Å². The Balaban J connectivity index is 1.48. The van der Waals surface area contributed by atoms with Gasteiger partial charge in [0, 0.05) is 6.54 Å². The minimum Gasteiger partial charge on any atom is -0.393 e. The number of aliphatic hydroxyl groups is 1. The molecule has 1 saturated heterocycles. The molecule has 0 aromatic carbocycles. The summed E-state index contributed by atoms with van der Waals surface area (Å²) in [5.41, 5.74) is 4.24. The number of piperidine rings is 1. The number of nitrogens with one attached hydrogen (secondary N) is 1. The van der Waals surface area contributed by atoms with Crippen LogP contribution in [0, 0.1) is 40.4 Å². The van der Waals surface area contributed by atoms with E-state index in [2.05, 4.69) is 38.2 Å². The van der Waals surface area contributed by atoms with Gasteiger partial charge in [-0.2, -0.15) is 0 Å². The van der Waals surface area contributed by atoms with E-state index >= 15 is 0 Å². The van der Waals surface area contributed by atoms with Gasteiger partial charge in [0.15, 0.2) is 0 Å². The summed E-state index contributed by atoms with van der Waals surface area (Å²) in [7, 11) is 0. The number of hydrogen-bond acceptors (Lipinski definition) is 2. The Hall–Kier alpha value is -0.600. The second kappa shape index (κ2) is 6.98. The van der Waals surface area contributed by atoms with Crippen molar-refractivity contribution in [3.05, 3.63) is 23.3 Å². The highest BCUT2D eigenvalue weighted by atomic mass is 16.3. The van der Waals surface area contributed by atoms with Gasteiger partial charge in [-0.25, -0.2) is 0 Å². The lowest BCUT2D eigenvalue weighted by molar-refractivity contribution is -0.0540. The quantitative estimate of drug-likeness (QED) is 0.619. The van der Waals surface area contributed by atoms with E-state index in [0.29, 0.717) is 10.8 Å². The predicted molar refractivity (Wildman–Crippen MR) is 116 cm³/mol. The molecule has 0 aromatic rings. The molecule has 2 heteroatoms. The van der Waals surface area contributed by atoms with Crippen molar-refractivity contribution in [1.82, 2.24) is 5.32 Å². The summed E-state index contributed by atoms with van der Waals surface area (Å²) in [6.07, 6.45) is 16.5. The van der Waals surface area contributed by atoms with Crippen molar-refractivity contribution in [3.8, 4) is 0 Å². The van der Waals surface area contributed by atoms with Crippen LogP contribution >= 0.6 is 0 Å². The summed E-state index contributed by atoms with van der Waals surface area (Å²) in [6.45, 7) is 10.0. The van der Waals surface area contributed by atoms with Crippen molar-refractivity contribution >= 4 is 0 Å². The minimum absolute atomic E-state index is 0.0965. The molecule has 1 aliphatic heterocycles. The number of aliphatic hydroxyl groups excluding tert-OH is 1. The summed E-state index contributed by atoms with van der Waals surface area (Å²) < 4.78 is 0. The highest BCUT2D eigenvalue weighted by Crippen LogP contribution is 2.67. The van der Waals surface area contributed by atoms with Gasteiger partial charge in [0.25, 0.3) is 0 Å². The van der Waals surface area contributed by atoms with Gasteiger partial charge in [-0.15, -0.1) is 0 Å². The van der Waals surface area contributed by atoms with E-state index < -0.39 is 0 Å². The number of fused-ring (bicyclic) bond motifs is 5. The Morgan fingerprint density at radius 3 is 2.68 bits per heavy atom. The van der Waals surface area contributed by atoms with E-state index in [9.17, 15) is 5.11 Å². The second-order valence-corrected chi connectivity index (χ2v) is 11.3. The first-order chi connectivity index (χ1) is 13.5. The molecule has 2 nitrogen and oxygen atoms in total. The Morgan fingerprint density at radius 1 is 1.11 bits per heavy atom. The average Bonchev–Trinajstić information content (AvgIpc) is 3.06. The number of allylic oxidation sites excluding steroid dienone is 2. The molecule has 28 heavy (non-hydrogen) atoms. The van der Waals surface area contributed by atoms with Gasteiger partial charge in [0.1, 0.15) is 0 Å². The first-order valence-corrected chi connectivity index (χ1v) is 12.3. The standard InChI is InChI=1S/C26H41NO/c1-4-17-14-19-15-20(28)9-11-25(19,2)23-10-12-26(3)21(7-8-22(26)24(17)23)18-6-5-13-27-16-18/h7,14,17-18,20,22-24,27-28H,4-6,8-13,15-16H2,1-3H3/t17-,18?,20+,22+,23+,24+,25+,26-/m1/s1. The van der Waals surface area contributed by atoms with E-state index in [1.165, 1.54) is 58.0 Å². The smallest absolute Gasteiger partial charge is 0.0577 e. The maximum Gasteiger partial charge on any atom is 0.0577 e. The van der Waals surface area contributed by atoms with Crippen LogP contribution < -0.4 is 5.32 Å². The molecule has 156 valence electrons. The zero-order chi connectivity index (χ0) is 19.5. The van der Waals surface area contributed by atoms with E-state index in [-0.39, 0.29) is 6.10 Å². The highest BCUT2D eigenvalue weighted by molar-refractivity contribution is 5.32. The van der Waals surface area contributed by atoms with Crippen molar-refractivity contribution in [2.75, 3.05) is 13.1 Å². The molecule has 0 aromatic heterocycles. The van der Waals surface area contributed by atoms with Crippen LogP contribution in [-0.2, 0) is 0 Å². The van der Waals surface area contributed by atoms with Crippen molar-refractivity contribution < 1.29 is 5.11 Å². The molecule has 5 aliphatic rings. The molecular weight excluding hydrogens is 342 g/mol. The molecule has 0 amide bonds. The molecule has 8 atom stereocenters. The number of rotatable bonds is 2. The van der Waals surface area contributed by atoms with Crippen LogP contribution in [0.1, 0.15) is 78.6 Å². The van der Waals surface area contributed by atoms with Gasteiger partial charge >= 0.3 is 0 Å². The lowest BCUT2D eigenvalue weighted by atomic mass is 9.45. The maximum absolute atomic E-state index is 10.3. The first-order valence-electron chi connectivity index (χ1n) is 12.3. The van der Waals surface area contributed by atoms with E-state index in [1.807, 2.05) is 5.57 Å². The predicted octanol–water partition coefficient (Wildman–Crippen LogP) is 5.48. The van der Waals surface area contributed by atoms with Crippen LogP contribution in [0.2, 0.25) is 0 Å². The fraction of sp³-hybridized carbons (Fsp3) is 0.846. The summed E-state index contributed by atoms with van der Waals surface area (Å²) in [5.74, 6) is 4.03. The Kier molecular flexibility index (Phi) is 4.83. The van der Waals surface area contributed by atoms with Crippen molar-refractivity contribution in [1.29, 1.82) is 0 Å². The number of hydrogen-bond donors (Lipinski definition) is 2. The van der Waals surface area contributed by atoms with Crippen LogP contribution in [-0.4, -0.2) is 24.3 Å². The molecule has 3 fully saturated rings. The van der Waals surface area contributed by atoms with Gasteiger partial charge in [-0.3, -0.25) is 0 Å². The Bertz CT molecular complexity index is 674. The molecule has 2 saturated carbocycles. The van der Waals surface area contributed by atoms with Gasteiger partial charge < -0.3 is 10.4 Å². The summed E-state index contributed by atoms with van der Waals surface area (Å²) in [5, 5.41) is 14.0. The second-order valence-electron chi connectivity index (χ2n) is 11.3. The fourth-order valence-corrected chi connectivity index (χ4v) is 8.55. The lowest BCUT2D eigenvalue weighted by Crippen LogP contribution is -2.53. The van der Waals surface area contributed by atoms with Crippen LogP contribution in [0.15, 0.2) is 23.3 Å². The zero-order valence-electron chi connectivity index (χ0n) is 18.3. The zero-order valence-corrected chi connectivity index (χ0v) is 18.3. The molecule has 0 bridgehead atoms. The first kappa shape index (κ1) is 19.4. The van der Waals surface area contributed by atoms with Crippen molar-refractivity contribution in [2.24, 2.45) is 40.4 Å². The fourth-order valence-electron chi connectivity index (χ4n) is 8.55. The third-order valence-corrected chi connectivity index (χ3v) is 10.1. The van der Waals surface area contributed by atoms with Gasteiger partial charge in [0.05, 0.1) is 6.10 Å². The highest BCUT2D eigenvalue weighted by Gasteiger charge is 2.59. The topological polar surface area (TPSA) is 32.3 Å². The van der Waals surface area contributed by atoms with Crippen LogP contribution in [0.4, 0.5) is 0 Å². The average molecular weight is 384 g/mol. The minimum atomic E-state index is -0.0965. The monoisotopic (exact) mass is 383 g/mol. The molecule has 0 radical (unpaired) electrons. The normalized spacial score (nSPS) is 50.9. The van der Waals surface area contributed by atoms with Crippen molar-refractivity contribution in [2.45, 2.75) is 84.7 Å². The molecule has 1 heterocycles. The van der Waals surface area contributed by atoms with E-state index in [0.717, 1.165) is 42.4 Å². The molecule has 5 rings (SSSR count). The largest absolute Gasteiger partial charge is 0.393 e. The molecule has 0 spiro atoms. The Morgan fingerprint density at radius 2 is 1.93 bits per heavy atom. The SMILES string of the molecule is CC[C@@H]1C=C2C[C@@H](O)CC[C@]2(C)[C@H]2CC[C@]3(C)C(C4CCCNC4)=CC[C@H]3[C@H]12. The molecule has 2 N–H and O–H groups in total. The summed E-state index contributed by atoms with van der Waals surface area (Å²) >= 11 is 0. The van der Waals surface area contributed by atoms with E-state index in [4.69, 9.17) is 0 Å². The Labute approximate surface area is 172 Å². The van der Waals surface area contributed by atoms with Gasteiger partial charge in [0.2, 0.25) is 0 Å². The van der Waals surface area contributed by atoms with Crippen LogP contribution in [0.5, 0.6) is 0 Å². The third kappa shape index (κ3) is 2.73. The molecular formula is C26H41NO. The molecule has 4 aliphatic carbocycles. The van der Waals surface area contributed by atoms with E-state index in [1.54, 1.807) is 5.57 Å². The molecule has 1 unspecified atom stereocenters. The summed E-state index contributed by atoms with van der Waals surface area (Å²) in [6, 6.07) is 0. The van der Waals surface area contributed by atoms with Crippen LogP contribution in [0.25, 0.3) is 0 Å².